The van der Waals surface area contributed by atoms with Crippen LogP contribution in [0.1, 0.15) is 42.6 Å². The van der Waals surface area contributed by atoms with Gasteiger partial charge in [-0.15, -0.1) is 24.0 Å². The summed E-state index contributed by atoms with van der Waals surface area (Å²) in [6, 6.07) is 7.69. The first-order valence-corrected chi connectivity index (χ1v) is 10.1. The van der Waals surface area contributed by atoms with Gasteiger partial charge in [0.15, 0.2) is 5.96 Å². The number of guanidine groups is 1. The van der Waals surface area contributed by atoms with Gasteiger partial charge >= 0.3 is 0 Å². The minimum Gasteiger partial charge on any atom is -0.357 e. The van der Waals surface area contributed by atoms with Gasteiger partial charge in [0.2, 0.25) is 0 Å². The van der Waals surface area contributed by atoms with E-state index in [2.05, 4.69) is 29.4 Å². The van der Waals surface area contributed by atoms with Crippen molar-refractivity contribution in [1.82, 2.24) is 20.4 Å². The van der Waals surface area contributed by atoms with Crippen LogP contribution in [0.5, 0.6) is 0 Å². The average molecular weight is 501 g/mol. The molecule has 6 nitrogen and oxygen atoms in total. The molecule has 0 aliphatic carbocycles. The summed E-state index contributed by atoms with van der Waals surface area (Å²) in [5.74, 6) is 1.57. The highest BCUT2D eigenvalue weighted by Gasteiger charge is 2.21. The van der Waals surface area contributed by atoms with Crippen LogP contribution in [-0.4, -0.2) is 68.5 Å². The summed E-state index contributed by atoms with van der Waals surface area (Å²) in [5.41, 5.74) is 1.80. The third-order valence-electron chi connectivity index (χ3n) is 4.84. The second-order valence-electron chi connectivity index (χ2n) is 7.43. The number of likely N-dealkylation sites (tertiary alicyclic amines) is 1. The zero-order valence-corrected chi connectivity index (χ0v) is 20.0. The quantitative estimate of drug-likeness (QED) is 0.327. The van der Waals surface area contributed by atoms with E-state index in [0.29, 0.717) is 18.0 Å². The van der Waals surface area contributed by atoms with Crippen molar-refractivity contribution in [2.75, 3.05) is 46.8 Å². The molecule has 0 spiro atoms. The molecule has 1 aliphatic rings. The van der Waals surface area contributed by atoms with E-state index < -0.39 is 0 Å². The first-order chi connectivity index (χ1) is 13.0. The lowest BCUT2D eigenvalue weighted by Gasteiger charge is -2.17. The maximum atomic E-state index is 12.0. The molecule has 28 heavy (non-hydrogen) atoms. The van der Waals surface area contributed by atoms with Gasteiger partial charge in [-0.2, -0.15) is 0 Å². The molecule has 1 aromatic carbocycles. The Morgan fingerprint density at radius 1 is 1.21 bits per heavy atom. The maximum Gasteiger partial charge on any atom is 0.253 e. The molecule has 1 fully saturated rings. The number of rotatable bonds is 8. The molecule has 1 atom stereocenters. The lowest BCUT2D eigenvalue weighted by Crippen LogP contribution is -2.40. The van der Waals surface area contributed by atoms with Crippen LogP contribution in [0, 0.1) is 5.92 Å². The molecule has 0 aromatic heterocycles. The van der Waals surface area contributed by atoms with Crippen LogP contribution in [0.3, 0.4) is 0 Å². The van der Waals surface area contributed by atoms with E-state index in [0.717, 1.165) is 24.6 Å². The van der Waals surface area contributed by atoms with Gasteiger partial charge in [-0.1, -0.05) is 19.1 Å². The first kappa shape index (κ1) is 24.7. The van der Waals surface area contributed by atoms with Crippen molar-refractivity contribution in [1.29, 1.82) is 0 Å². The van der Waals surface area contributed by atoms with Crippen molar-refractivity contribution in [3.8, 4) is 0 Å². The van der Waals surface area contributed by atoms with Crippen molar-refractivity contribution in [3.05, 3.63) is 35.4 Å². The fourth-order valence-corrected chi connectivity index (χ4v) is 3.36. The molecule has 1 aliphatic heterocycles. The van der Waals surface area contributed by atoms with E-state index in [4.69, 9.17) is 4.99 Å². The largest absolute Gasteiger partial charge is 0.357 e. The molecule has 0 saturated carbocycles. The molecule has 1 aromatic rings. The number of amides is 1. The van der Waals surface area contributed by atoms with E-state index in [1.165, 1.54) is 32.5 Å². The molecule has 2 N–H and O–H groups in total. The summed E-state index contributed by atoms with van der Waals surface area (Å²) < 4.78 is 0. The van der Waals surface area contributed by atoms with Gasteiger partial charge in [0.25, 0.3) is 5.91 Å². The number of aliphatic imine (C=N–C) groups is 1. The van der Waals surface area contributed by atoms with Crippen LogP contribution in [0.25, 0.3) is 0 Å². The number of benzene rings is 1. The zero-order chi connectivity index (χ0) is 19.6. The summed E-state index contributed by atoms with van der Waals surface area (Å²) in [6.45, 7) is 10.3. The van der Waals surface area contributed by atoms with Crippen LogP contribution in [-0.2, 0) is 6.54 Å². The Balaban J connectivity index is 0.00000392. The van der Waals surface area contributed by atoms with E-state index in [1.54, 1.807) is 19.0 Å². The molecular formula is C21H36IN5O. The molecule has 0 radical (unpaired) electrons. The van der Waals surface area contributed by atoms with Crippen LogP contribution in [0.2, 0.25) is 0 Å². The van der Waals surface area contributed by atoms with Crippen molar-refractivity contribution < 1.29 is 4.79 Å². The summed E-state index contributed by atoms with van der Waals surface area (Å²) in [4.78, 5) is 20.8. The molecule has 158 valence electrons. The minimum atomic E-state index is 0. The first-order valence-electron chi connectivity index (χ1n) is 10.1. The standard InChI is InChI=1S/C21H35N5O.HI/c1-5-12-26-13-11-18(16-26)15-24-21(22-6-2)23-14-17-7-9-19(10-8-17)20(27)25(3)4;/h7-10,18H,5-6,11-16H2,1-4H3,(H2,22,23,24);1H. The van der Waals surface area contributed by atoms with Crippen molar-refractivity contribution in [2.45, 2.75) is 33.2 Å². The lowest BCUT2D eigenvalue weighted by atomic mass is 10.1. The minimum absolute atomic E-state index is 0. The zero-order valence-electron chi connectivity index (χ0n) is 17.7. The molecule has 1 saturated heterocycles. The lowest BCUT2D eigenvalue weighted by molar-refractivity contribution is 0.0827. The van der Waals surface area contributed by atoms with Crippen molar-refractivity contribution in [3.63, 3.8) is 0 Å². The van der Waals surface area contributed by atoms with E-state index in [-0.39, 0.29) is 29.9 Å². The number of halogens is 1. The van der Waals surface area contributed by atoms with Crippen LogP contribution < -0.4 is 10.6 Å². The Morgan fingerprint density at radius 3 is 2.54 bits per heavy atom. The number of hydrogen-bond donors (Lipinski definition) is 2. The molecule has 1 heterocycles. The third-order valence-corrected chi connectivity index (χ3v) is 4.84. The van der Waals surface area contributed by atoms with E-state index >= 15 is 0 Å². The Hall–Kier alpha value is -1.35. The fraction of sp³-hybridized carbons (Fsp3) is 0.619. The fourth-order valence-electron chi connectivity index (χ4n) is 3.36. The summed E-state index contributed by atoms with van der Waals surface area (Å²) in [6.07, 6.45) is 2.48. The van der Waals surface area contributed by atoms with Gasteiger partial charge in [0.1, 0.15) is 0 Å². The highest BCUT2D eigenvalue weighted by Crippen LogP contribution is 2.15. The maximum absolute atomic E-state index is 12.0. The number of nitrogens with one attached hydrogen (secondary N) is 2. The molecule has 1 unspecified atom stereocenters. The summed E-state index contributed by atoms with van der Waals surface area (Å²) >= 11 is 0. The van der Waals surface area contributed by atoms with Gasteiger partial charge in [-0.3, -0.25) is 4.79 Å². The summed E-state index contributed by atoms with van der Waals surface area (Å²) in [5, 5.41) is 6.81. The Morgan fingerprint density at radius 2 is 1.93 bits per heavy atom. The Labute approximate surface area is 187 Å². The van der Waals surface area contributed by atoms with Gasteiger partial charge in [0.05, 0.1) is 6.54 Å². The predicted molar refractivity (Wildman–Crippen MR) is 128 cm³/mol. The summed E-state index contributed by atoms with van der Waals surface area (Å²) in [7, 11) is 3.53. The number of nitrogens with zero attached hydrogens (tertiary/aromatic N) is 3. The normalized spacial score (nSPS) is 17.1. The second-order valence-corrected chi connectivity index (χ2v) is 7.43. The highest BCUT2D eigenvalue weighted by atomic mass is 127. The Kier molecular flexibility index (Phi) is 11.4. The SMILES string of the molecule is CCCN1CCC(CNC(=NCc2ccc(C(=O)N(C)C)cc2)NCC)C1.I. The monoisotopic (exact) mass is 501 g/mol. The second kappa shape index (κ2) is 13.0. The molecule has 7 heteroatoms. The molecular weight excluding hydrogens is 465 g/mol. The highest BCUT2D eigenvalue weighted by molar-refractivity contribution is 14.0. The van der Waals surface area contributed by atoms with Gasteiger partial charge in [-0.05, 0) is 56.5 Å². The molecule has 2 rings (SSSR count). The van der Waals surface area contributed by atoms with Crippen molar-refractivity contribution >= 4 is 35.8 Å². The van der Waals surface area contributed by atoms with Crippen LogP contribution in [0.4, 0.5) is 0 Å². The van der Waals surface area contributed by atoms with Crippen molar-refractivity contribution in [2.24, 2.45) is 10.9 Å². The number of carbonyl (C=O) groups excluding carboxylic acids is 1. The number of hydrogen-bond acceptors (Lipinski definition) is 3. The van der Waals surface area contributed by atoms with Crippen LogP contribution >= 0.6 is 24.0 Å². The number of carbonyl (C=O) groups is 1. The third kappa shape index (κ3) is 7.95. The smallest absolute Gasteiger partial charge is 0.253 e. The molecule has 0 bridgehead atoms. The molecule has 1 amide bonds. The topological polar surface area (TPSA) is 60.0 Å². The van der Waals surface area contributed by atoms with E-state index in [1.807, 2.05) is 24.3 Å². The van der Waals surface area contributed by atoms with Gasteiger partial charge < -0.3 is 20.4 Å². The average Bonchev–Trinajstić information content (AvgIpc) is 3.11. The van der Waals surface area contributed by atoms with E-state index in [9.17, 15) is 4.79 Å². The van der Waals surface area contributed by atoms with Gasteiger partial charge in [-0.25, -0.2) is 4.99 Å². The van der Waals surface area contributed by atoms with Crippen LogP contribution in [0.15, 0.2) is 29.3 Å². The Bertz CT molecular complexity index is 618. The van der Waals surface area contributed by atoms with Gasteiger partial charge in [0, 0.05) is 39.3 Å². The predicted octanol–water partition coefficient (Wildman–Crippen LogP) is 2.79.